The zero-order valence-corrected chi connectivity index (χ0v) is 14.4. The molecule has 0 saturated carbocycles. The van der Waals surface area contributed by atoms with E-state index in [0.29, 0.717) is 19.6 Å². The monoisotopic (exact) mass is 328 g/mol. The summed E-state index contributed by atoms with van der Waals surface area (Å²) in [6.45, 7) is 6.58. The van der Waals surface area contributed by atoms with Gasteiger partial charge in [-0.05, 0) is 19.4 Å². The smallest absolute Gasteiger partial charge is 0.266 e. The second-order valence-electron chi connectivity index (χ2n) is 5.62. The van der Waals surface area contributed by atoms with Crippen LogP contribution in [0.2, 0.25) is 0 Å². The molecule has 2 amide bonds. The average Bonchev–Trinajstić information content (AvgIpc) is 2.56. The largest absolute Gasteiger partial charge is 0.388 e. The van der Waals surface area contributed by atoms with E-state index in [0.717, 1.165) is 5.56 Å². The first-order chi connectivity index (χ1) is 11.5. The van der Waals surface area contributed by atoms with Crippen molar-refractivity contribution in [1.29, 1.82) is 5.26 Å². The highest BCUT2D eigenvalue weighted by molar-refractivity contribution is 5.97. The Morgan fingerprint density at radius 2 is 1.92 bits per heavy atom. The maximum atomic E-state index is 12.6. The number of benzene rings is 1. The Bertz CT molecular complexity index is 618. The molecule has 0 unspecified atom stereocenters. The van der Waals surface area contributed by atoms with Crippen LogP contribution in [0.1, 0.15) is 26.3 Å². The Morgan fingerprint density at radius 1 is 1.25 bits per heavy atom. The van der Waals surface area contributed by atoms with Crippen LogP contribution in [0, 0.1) is 11.3 Å². The highest BCUT2D eigenvalue weighted by Crippen LogP contribution is 2.11. The van der Waals surface area contributed by atoms with Gasteiger partial charge in [-0.15, -0.1) is 0 Å². The van der Waals surface area contributed by atoms with Crippen LogP contribution in [0.25, 0.3) is 0 Å². The molecule has 0 atom stereocenters. The zero-order valence-electron chi connectivity index (χ0n) is 14.4. The van der Waals surface area contributed by atoms with Gasteiger partial charge >= 0.3 is 0 Å². The predicted octanol–water partition coefficient (Wildman–Crippen LogP) is 1.56. The first kappa shape index (κ1) is 19.2. The van der Waals surface area contributed by atoms with E-state index in [1.165, 1.54) is 13.1 Å². The molecule has 0 aliphatic heterocycles. The second-order valence-corrected chi connectivity index (χ2v) is 5.62. The van der Waals surface area contributed by atoms with E-state index in [4.69, 9.17) is 0 Å². The Hall–Kier alpha value is -2.81. The van der Waals surface area contributed by atoms with Crippen LogP contribution >= 0.6 is 0 Å². The van der Waals surface area contributed by atoms with Crippen molar-refractivity contribution in [3.05, 3.63) is 47.7 Å². The summed E-state index contributed by atoms with van der Waals surface area (Å²) < 4.78 is 0. The summed E-state index contributed by atoms with van der Waals surface area (Å²) in [5, 5.41) is 14.8. The molecule has 128 valence electrons. The summed E-state index contributed by atoms with van der Waals surface area (Å²) in [6, 6.07) is 11.6. The number of nitrogens with one attached hydrogen (secondary N) is 2. The Balaban J connectivity index is 2.72. The van der Waals surface area contributed by atoms with Gasteiger partial charge in [-0.25, -0.2) is 0 Å². The first-order valence-electron chi connectivity index (χ1n) is 7.88. The number of hydrogen-bond acceptors (Lipinski definition) is 4. The second kappa shape index (κ2) is 10.1. The third kappa shape index (κ3) is 6.53. The maximum absolute atomic E-state index is 12.6. The molecule has 0 saturated heterocycles. The van der Waals surface area contributed by atoms with Gasteiger partial charge < -0.3 is 15.5 Å². The van der Waals surface area contributed by atoms with Crippen molar-refractivity contribution in [2.75, 3.05) is 13.1 Å². The van der Waals surface area contributed by atoms with E-state index < -0.39 is 0 Å². The highest BCUT2D eigenvalue weighted by atomic mass is 16.2. The molecule has 1 rings (SSSR count). The lowest BCUT2D eigenvalue weighted by molar-refractivity contribution is -0.129. The van der Waals surface area contributed by atoms with Gasteiger partial charge in [0.2, 0.25) is 5.91 Å². The molecule has 6 heteroatoms. The lowest BCUT2D eigenvalue weighted by atomic mass is 10.1. The van der Waals surface area contributed by atoms with E-state index in [2.05, 4.69) is 10.6 Å². The van der Waals surface area contributed by atoms with Crippen LogP contribution in [0.15, 0.2) is 42.1 Å². The van der Waals surface area contributed by atoms with Gasteiger partial charge in [-0.3, -0.25) is 9.59 Å². The standard InChI is InChI=1S/C18H24N4O2/c1-14(2)22(13-16-7-5-4-6-8-16)18(24)17(11-19)12-20-9-10-21-15(3)23/h4-8,12,14,20H,9-10,13H2,1-3H3,(H,21,23)/b17-12-. The normalized spacial score (nSPS) is 10.9. The molecule has 6 nitrogen and oxygen atoms in total. The van der Waals surface area contributed by atoms with Crippen LogP contribution in [0.5, 0.6) is 0 Å². The van der Waals surface area contributed by atoms with E-state index in [1.54, 1.807) is 4.90 Å². The fraction of sp³-hybridized carbons (Fsp3) is 0.389. The zero-order chi connectivity index (χ0) is 17.9. The number of hydrogen-bond donors (Lipinski definition) is 2. The quantitative estimate of drug-likeness (QED) is 0.431. The minimum atomic E-state index is -0.316. The van der Waals surface area contributed by atoms with Crippen molar-refractivity contribution in [2.45, 2.75) is 33.4 Å². The number of nitriles is 1. The summed E-state index contributed by atoms with van der Waals surface area (Å²) in [4.78, 5) is 25.0. The molecule has 1 aromatic rings. The van der Waals surface area contributed by atoms with Crippen molar-refractivity contribution >= 4 is 11.8 Å². The fourth-order valence-electron chi connectivity index (χ4n) is 2.05. The maximum Gasteiger partial charge on any atom is 0.266 e. The highest BCUT2D eigenvalue weighted by Gasteiger charge is 2.21. The van der Waals surface area contributed by atoms with Crippen LogP contribution in [-0.2, 0) is 16.1 Å². The van der Waals surface area contributed by atoms with Crippen molar-refractivity contribution in [3.8, 4) is 6.07 Å². The van der Waals surface area contributed by atoms with Gasteiger partial charge in [0.25, 0.3) is 5.91 Å². The Labute approximate surface area is 143 Å². The van der Waals surface area contributed by atoms with Gasteiger partial charge in [-0.2, -0.15) is 5.26 Å². The summed E-state index contributed by atoms with van der Waals surface area (Å²) in [6.07, 6.45) is 1.41. The topological polar surface area (TPSA) is 85.2 Å². The van der Waals surface area contributed by atoms with Gasteiger partial charge in [0, 0.05) is 38.8 Å². The molecular formula is C18H24N4O2. The average molecular weight is 328 g/mol. The summed E-state index contributed by atoms with van der Waals surface area (Å²) in [5.74, 6) is -0.436. The molecule has 1 aromatic carbocycles. The molecule has 0 radical (unpaired) electrons. The van der Waals surface area contributed by atoms with Gasteiger partial charge in [0.1, 0.15) is 11.6 Å². The summed E-state index contributed by atoms with van der Waals surface area (Å²) in [7, 11) is 0. The fourth-order valence-corrected chi connectivity index (χ4v) is 2.05. The van der Waals surface area contributed by atoms with Crippen molar-refractivity contribution in [1.82, 2.24) is 15.5 Å². The molecule has 0 heterocycles. The van der Waals surface area contributed by atoms with Crippen molar-refractivity contribution in [3.63, 3.8) is 0 Å². The van der Waals surface area contributed by atoms with Crippen LogP contribution in [0.4, 0.5) is 0 Å². The number of amides is 2. The number of carbonyl (C=O) groups is 2. The van der Waals surface area contributed by atoms with E-state index >= 15 is 0 Å². The Morgan fingerprint density at radius 3 is 2.46 bits per heavy atom. The molecule has 0 bridgehead atoms. The molecule has 24 heavy (non-hydrogen) atoms. The number of carbonyl (C=O) groups excluding carboxylic acids is 2. The third-order valence-corrected chi connectivity index (χ3v) is 3.32. The molecule has 0 fully saturated rings. The molecule has 0 aliphatic carbocycles. The van der Waals surface area contributed by atoms with E-state index in [9.17, 15) is 14.9 Å². The number of nitrogens with zero attached hydrogens (tertiary/aromatic N) is 2. The minimum absolute atomic E-state index is 0.0335. The molecule has 0 aliphatic rings. The first-order valence-corrected chi connectivity index (χ1v) is 7.88. The minimum Gasteiger partial charge on any atom is -0.388 e. The lowest BCUT2D eigenvalue weighted by Crippen LogP contribution is -2.37. The predicted molar refractivity (Wildman–Crippen MR) is 92.5 cm³/mol. The molecular weight excluding hydrogens is 304 g/mol. The summed E-state index contributed by atoms with van der Waals surface area (Å²) in [5.41, 5.74) is 1.05. The van der Waals surface area contributed by atoms with Gasteiger partial charge in [-0.1, -0.05) is 30.3 Å². The molecule has 0 spiro atoms. The lowest BCUT2D eigenvalue weighted by Gasteiger charge is -2.26. The van der Waals surface area contributed by atoms with Crippen molar-refractivity contribution < 1.29 is 9.59 Å². The van der Waals surface area contributed by atoms with E-state index in [1.807, 2.05) is 50.2 Å². The van der Waals surface area contributed by atoms with Gasteiger partial charge in [0.05, 0.1) is 0 Å². The van der Waals surface area contributed by atoms with Crippen molar-refractivity contribution in [2.24, 2.45) is 0 Å². The van der Waals surface area contributed by atoms with Crippen LogP contribution < -0.4 is 10.6 Å². The van der Waals surface area contributed by atoms with E-state index in [-0.39, 0.29) is 23.4 Å². The van der Waals surface area contributed by atoms with Crippen LogP contribution in [-0.4, -0.2) is 35.8 Å². The Kier molecular flexibility index (Phi) is 8.06. The van der Waals surface area contributed by atoms with Gasteiger partial charge in [0.15, 0.2) is 0 Å². The third-order valence-electron chi connectivity index (χ3n) is 3.32. The molecule has 0 aromatic heterocycles. The number of rotatable bonds is 8. The summed E-state index contributed by atoms with van der Waals surface area (Å²) >= 11 is 0. The SMILES string of the molecule is CC(=O)NCCN/C=C(/C#N)C(=O)N(Cc1ccccc1)C(C)C. The molecule has 2 N–H and O–H groups in total. The van der Waals surface area contributed by atoms with Crippen LogP contribution in [0.3, 0.4) is 0 Å².